The molecular formula is C24H33NO4. The van der Waals surface area contributed by atoms with Gasteiger partial charge in [0.25, 0.3) is 0 Å². The predicted molar refractivity (Wildman–Crippen MR) is 116 cm³/mol. The first-order valence-corrected chi connectivity index (χ1v) is 10.8. The number of esters is 1. The van der Waals surface area contributed by atoms with Crippen molar-refractivity contribution in [1.82, 2.24) is 4.98 Å². The molecule has 0 amide bonds. The number of benzene rings is 1. The molecule has 0 unspecified atom stereocenters. The molecule has 0 fully saturated rings. The van der Waals surface area contributed by atoms with Gasteiger partial charge in [0, 0.05) is 12.3 Å². The van der Waals surface area contributed by atoms with Crippen LogP contribution >= 0.6 is 0 Å². The highest BCUT2D eigenvalue weighted by Gasteiger charge is 2.08. The maximum absolute atomic E-state index is 12.0. The zero-order chi connectivity index (χ0) is 20.7. The number of hydrogen-bond acceptors (Lipinski definition) is 4. The maximum Gasteiger partial charge on any atom is 0.345 e. The van der Waals surface area contributed by atoms with Crippen molar-refractivity contribution in [3.05, 3.63) is 58.5 Å². The molecule has 1 aromatic heterocycles. The van der Waals surface area contributed by atoms with Gasteiger partial charge in [0.15, 0.2) is 0 Å². The summed E-state index contributed by atoms with van der Waals surface area (Å²) in [5, 5.41) is 0. The SMILES string of the molecule is CCCCCCCCCCCCOc1ccc(OC(=O)c2ccc(=O)[nH]c2)cc1. The molecular weight excluding hydrogens is 366 g/mol. The lowest BCUT2D eigenvalue weighted by atomic mass is 10.1. The Morgan fingerprint density at radius 3 is 1.97 bits per heavy atom. The van der Waals surface area contributed by atoms with Crippen LogP contribution in [0.5, 0.6) is 11.5 Å². The number of aromatic nitrogens is 1. The second-order valence-corrected chi connectivity index (χ2v) is 7.33. The number of carbonyl (C=O) groups excluding carboxylic acids is 1. The number of hydrogen-bond donors (Lipinski definition) is 1. The Morgan fingerprint density at radius 1 is 0.793 bits per heavy atom. The number of pyridine rings is 1. The minimum atomic E-state index is -0.514. The predicted octanol–water partition coefficient (Wildman–Crippen LogP) is 5.89. The molecule has 5 nitrogen and oxygen atoms in total. The molecule has 1 aromatic carbocycles. The number of H-pyrrole nitrogens is 1. The average molecular weight is 400 g/mol. The molecule has 0 aliphatic heterocycles. The molecule has 158 valence electrons. The average Bonchev–Trinajstić information content (AvgIpc) is 2.73. The maximum atomic E-state index is 12.0. The van der Waals surface area contributed by atoms with Crippen molar-refractivity contribution in [2.24, 2.45) is 0 Å². The lowest BCUT2D eigenvalue weighted by Gasteiger charge is -2.08. The van der Waals surface area contributed by atoms with Crippen LogP contribution in [0.1, 0.15) is 81.5 Å². The van der Waals surface area contributed by atoms with Crippen molar-refractivity contribution in [3.63, 3.8) is 0 Å². The molecule has 0 atom stereocenters. The van der Waals surface area contributed by atoms with E-state index in [1.807, 2.05) is 0 Å². The summed E-state index contributed by atoms with van der Waals surface area (Å²) in [6, 6.07) is 9.73. The number of unbranched alkanes of at least 4 members (excludes halogenated alkanes) is 9. The molecule has 2 aromatic rings. The number of rotatable bonds is 14. The summed E-state index contributed by atoms with van der Waals surface area (Å²) in [6.45, 7) is 2.95. The number of aromatic amines is 1. The van der Waals surface area contributed by atoms with E-state index < -0.39 is 5.97 Å². The Hall–Kier alpha value is -2.56. The minimum absolute atomic E-state index is 0.259. The summed E-state index contributed by atoms with van der Waals surface area (Å²) in [7, 11) is 0. The fourth-order valence-corrected chi connectivity index (χ4v) is 3.09. The number of carbonyl (C=O) groups is 1. The summed E-state index contributed by atoms with van der Waals surface area (Å²) in [5.74, 6) is 0.692. The molecule has 0 aliphatic carbocycles. The monoisotopic (exact) mass is 399 g/mol. The summed E-state index contributed by atoms with van der Waals surface area (Å²) in [5.41, 5.74) is 0.0383. The van der Waals surface area contributed by atoms with Crippen molar-refractivity contribution in [2.75, 3.05) is 6.61 Å². The minimum Gasteiger partial charge on any atom is -0.494 e. The van der Waals surface area contributed by atoms with E-state index >= 15 is 0 Å². The standard InChI is InChI=1S/C24H33NO4/c1-2-3-4-5-6-7-8-9-10-11-18-28-21-13-15-22(16-14-21)29-24(27)20-12-17-23(26)25-19-20/h12-17,19H,2-11,18H2,1H3,(H,25,26). The smallest absolute Gasteiger partial charge is 0.345 e. The molecule has 0 saturated heterocycles. The van der Waals surface area contributed by atoms with Crippen LogP contribution in [0, 0.1) is 0 Å². The van der Waals surface area contributed by atoms with E-state index in [-0.39, 0.29) is 5.56 Å². The van der Waals surface area contributed by atoms with Crippen LogP contribution in [0.25, 0.3) is 0 Å². The Morgan fingerprint density at radius 2 is 1.38 bits per heavy atom. The van der Waals surface area contributed by atoms with Gasteiger partial charge < -0.3 is 14.5 Å². The van der Waals surface area contributed by atoms with Gasteiger partial charge in [0.05, 0.1) is 12.2 Å². The molecule has 0 spiro atoms. The zero-order valence-corrected chi connectivity index (χ0v) is 17.5. The van der Waals surface area contributed by atoms with E-state index in [2.05, 4.69) is 11.9 Å². The molecule has 1 heterocycles. The van der Waals surface area contributed by atoms with Crippen LogP contribution in [-0.4, -0.2) is 17.6 Å². The largest absolute Gasteiger partial charge is 0.494 e. The van der Waals surface area contributed by atoms with E-state index in [1.54, 1.807) is 24.3 Å². The van der Waals surface area contributed by atoms with E-state index in [4.69, 9.17) is 9.47 Å². The van der Waals surface area contributed by atoms with E-state index in [1.165, 1.54) is 76.1 Å². The van der Waals surface area contributed by atoms with Crippen molar-refractivity contribution in [1.29, 1.82) is 0 Å². The van der Waals surface area contributed by atoms with Crippen LogP contribution in [0.3, 0.4) is 0 Å². The molecule has 0 radical (unpaired) electrons. The summed E-state index contributed by atoms with van der Waals surface area (Å²) in [6.07, 6.45) is 14.4. The second kappa shape index (κ2) is 13.6. The van der Waals surface area contributed by atoms with Gasteiger partial charge in [-0.05, 0) is 36.8 Å². The van der Waals surface area contributed by atoms with Gasteiger partial charge in [-0.1, -0.05) is 64.7 Å². The van der Waals surface area contributed by atoms with E-state index in [0.717, 1.165) is 12.2 Å². The highest BCUT2D eigenvalue weighted by molar-refractivity contribution is 5.90. The third-order valence-corrected chi connectivity index (χ3v) is 4.82. The molecule has 0 bridgehead atoms. The first-order valence-electron chi connectivity index (χ1n) is 10.8. The van der Waals surface area contributed by atoms with Gasteiger partial charge in [-0.3, -0.25) is 4.79 Å². The molecule has 1 N–H and O–H groups in total. The second-order valence-electron chi connectivity index (χ2n) is 7.33. The zero-order valence-electron chi connectivity index (χ0n) is 17.5. The van der Waals surface area contributed by atoms with Crippen molar-refractivity contribution in [3.8, 4) is 11.5 Å². The van der Waals surface area contributed by atoms with Crippen molar-refractivity contribution in [2.45, 2.75) is 71.1 Å². The van der Waals surface area contributed by atoms with E-state index in [0.29, 0.717) is 17.9 Å². The first kappa shape index (κ1) is 22.7. The van der Waals surface area contributed by atoms with Crippen LogP contribution in [0.2, 0.25) is 0 Å². The van der Waals surface area contributed by atoms with Gasteiger partial charge in [0.2, 0.25) is 5.56 Å². The van der Waals surface area contributed by atoms with Crippen LogP contribution < -0.4 is 15.0 Å². The molecule has 0 aliphatic rings. The first-order chi connectivity index (χ1) is 14.2. The van der Waals surface area contributed by atoms with Gasteiger partial charge in [-0.2, -0.15) is 0 Å². The number of ether oxygens (including phenoxy) is 2. The Balaban J connectivity index is 1.56. The third-order valence-electron chi connectivity index (χ3n) is 4.82. The topological polar surface area (TPSA) is 68.4 Å². The quantitative estimate of drug-likeness (QED) is 0.244. The van der Waals surface area contributed by atoms with Gasteiger partial charge in [0.1, 0.15) is 11.5 Å². The summed E-state index contributed by atoms with van der Waals surface area (Å²) >= 11 is 0. The molecule has 29 heavy (non-hydrogen) atoms. The summed E-state index contributed by atoms with van der Waals surface area (Å²) < 4.78 is 11.0. The fraction of sp³-hybridized carbons (Fsp3) is 0.500. The van der Waals surface area contributed by atoms with Crippen LogP contribution in [0.4, 0.5) is 0 Å². The van der Waals surface area contributed by atoms with Crippen molar-refractivity contribution >= 4 is 5.97 Å². The lowest BCUT2D eigenvalue weighted by Crippen LogP contribution is -2.12. The van der Waals surface area contributed by atoms with Gasteiger partial charge >= 0.3 is 5.97 Å². The summed E-state index contributed by atoms with van der Waals surface area (Å²) in [4.78, 5) is 25.5. The van der Waals surface area contributed by atoms with Crippen LogP contribution in [0.15, 0.2) is 47.4 Å². The normalized spacial score (nSPS) is 10.7. The molecule has 2 rings (SSSR count). The Bertz CT molecular complexity index is 747. The highest BCUT2D eigenvalue weighted by Crippen LogP contribution is 2.19. The van der Waals surface area contributed by atoms with Gasteiger partial charge in [-0.15, -0.1) is 0 Å². The Labute approximate surface area is 173 Å². The lowest BCUT2D eigenvalue weighted by molar-refractivity contribution is 0.0734. The Kier molecular flexibility index (Phi) is 10.6. The van der Waals surface area contributed by atoms with Crippen molar-refractivity contribution < 1.29 is 14.3 Å². The van der Waals surface area contributed by atoms with Crippen LogP contribution in [-0.2, 0) is 0 Å². The third kappa shape index (κ3) is 9.46. The fourth-order valence-electron chi connectivity index (χ4n) is 3.09. The van der Waals surface area contributed by atoms with E-state index in [9.17, 15) is 9.59 Å². The van der Waals surface area contributed by atoms with Gasteiger partial charge in [-0.25, -0.2) is 4.79 Å². The number of nitrogens with one attached hydrogen (secondary N) is 1. The molecule has 0 saturated carbocycles. The molecule has 5 heteroatoms. The highest BCUT2D eigenvalue weighted by atomic mass is 16.5.